The zero-order chi connectivity index (χ0) is 12.8. The average molecular weight is 242 g/mol. The Bertz CT molecular complexity index is 485. The molecule has 94 valence electrons. The van der Waals surface area contributed by atoms with Crippen molar-refractivity contribution in [3.8, 4) is 5.75 Å². The van der Waals surface area contributed by atoms with E-state index in [1.54, 1.807) is 12.4 Å². The monoisotopic (exact) mass is 242 g/mol. The molecule has 1 heterocycles. The number of aromatic nitrogens is 1. The number of nitrogens with zero attached hydrogens (tertiary/aromatic N) is 1. The van der Waals surface area contributed by atoms with Crippen LogP contribution in [-0.4, -0.2) is 11.6 Å². The molecule has 0 radical (unpaired) electrons. The van der Waals surface area contributed by atoms with E-state index in [9.17, 15) is 0 Å². The second-order valence-corrected chi connectivity index (χ2v) is 4.17. The molecule has 0 spiro atoms. The fourth-order valence-electron chi connectivity index (χ4n) is 1.89. The van der Waals surface area contributed by atoms with Crippen LogP contribution in [-0.2, 0) is 6.42 Å². The molecule has 18 heavy (non-hydrogen) atoms. The molecule has 3 heteroatoms. The second-order valence-electron chi connectivity index (χ2n) is 4.17. The van der Waals surface area contributed by atoms with Crippen molar-refractivity contribution in [2.45, 2.75) is 19.4 Å². The summed E-state index contributed by atoms with van der Waals surface area (Å²) in [5.41, 5.74) is 8.51. The van der Waals surface area contributed by atoms with E-state index in [2.05, 4.69) is 4.98 Å². The fraction of sp³-hybridized carbons (Fsp3) is 0.267. The molecule has 0 aliphatic carbocycles. The maximum absolute atomic E-state index is 6.22. The summed E-state index contributed by atoms with van der Waals surface area (Å²) in [6.07, 6.45) is 4.38. The quantitative estimate of drug-likeness (QED) is 0.877. The van der Waals surface area contributed by atoms with Gasteiger partial charge in [-0.2, -0.15) is 0 Å². The zero-order valence-electron chi connectivity index (χ0n) is 10.5. The van der Waals surface area contributed by atoms with Gasteiger partial charge in [0.2, 0.25) is 0 Å². The van der Waals surface area contributed by atoms with Crippen molar-refractivity contribution in [1.29, 1.82) is 0 Å². The third-order valence-corrected chi connectivity index (χ3v) is 2.80. The van der Waals surface area contributed by atoms with Gasteiger partial charge in [-0.05, 0) is 48.7 Å². The van der Waals surface area contributed by atoms with Gasteiger partial charge in [0.25, 0.3) is 0 Å². The highest BCUT2D eigenvalue weighted by atomic mass is 16.5. The van der Waals surface area contributed by atoms with Crippen molar-refractivity contribution in [2.75, 3.05) is 6.61 Å². The van der Waals surface area contributed by atoms with E-state index in [-0.39, 0.29) is 6.04 Å². The minimum absolute atomic E-state index is 0.0205. The first kappa shape index (κ1) is 12.6. The number of hydrogen-bond donors (Lipinski definition) is 1. The first-order valence-corrected chi connectivity index (χ1v) is 6.17. The third kappa shape index (κ3) is 3.31. The Morgan fingerprint density at radius 1 is 1.22 bits per heavy atom. The highest BCUT2D eigenvalue weighted by Crippen LogP contribution is 2.20. The fourth-order valence-corrected chi connectivity index (χ4v) is 1.89. The Morgan fingerprint density at radius 3 is 2.72 bits per heavy atom. The van der Waals surface area contributed by atoms with Gasteiger partial charge < -0.3 is 10.5 Å². The summed E-state index contributed by atoms with van der Waals surface area (Å²) in [5, 5.41) is 0. The molecule has 0 saturated carbocycles. The molecule has 0 amide bonds. The van der Waals surface area contributed by atoms with Gasteiger partial charge in [0, 0.05) is 18.4 Å². The number of benzene rings is 1. The highest BCUT2D eigenvalue weighted by Gasteiger charge is 2.08. The smallest absolute Gasteiger partial charge is 0.119 e. The lowest BCUT2D eigenvalue weighted by atomic mass is 10.0. The summed E-state index contributed by atoms with van der Waals surface area (Å²) in [4.78, 5) is 4.00. The van der Waals surface area contributed by atoms with Crippen LogP contribution in [0, 0.1) is 0 Å². The van der Waals surface area contributed by atoms with Crippen LogP contribution in [0.5, 0.6) is 5.75 Å². The summed E-state index contributed by atoms with van der Waals surface area (Å²) < 4.78 is 5.48. The number of rotatable bonds is 5. The summed E-state index contributed by atoms with van der Waals surface area (Å²) >= 11 is 0. The Morgan fingerprint density at radius 2 is 2.00 bits per heavy atom. The predicted molar refractivity (Wildman–Crippen MR) is 72.5 cm³/mol. The van der Waals surface area contributed by atoms with Gasteiger partial charge in [0.05, 0.1) is 6.61 Å². The Balaban J connectivity index is 2.08. The van der Waals surface area contributed by atoms with Gasteiger partial charge >= 0.3 is 0 Å². The van der Waals surface area contributed by atoms with Gasteiger partial charge in [-0.15, -0.1) is 0 Å². The molecule has 2 N–H and O–H groups in total. The summed E-state index contributed by atoms with van der Waals surface area (Å²) in [6, 6.07) is 11.9. The van der Waals surface area contributed by atoms with Gasteiger partial charge in [-0.1, -0.05) is 12.1 Å². The van der Waals surface area contributed by atoms with Gasteiger partial charge in [-0.25, -0.2) is 0 Å². The Labute approximate surface area is 108 Å². The zero-order valence-corrected chi connectivity index (χ0v) is 10.5. The minimum atomic E-state index is -0.0205. The Kier molecular flexibility index (Phi) is 4.31. The van der Waals surface area contributed by atoms with Crippen LogP contribution in [0.2, 0.25) is 0 Å². The lowest BCUT2D eigenvalue weighted by Crippen LogP contribution is -2.13. The lowest BCUT2D eigenvalue weighted by Gasteiger charge is -2.13. The van der Waals surface area contributed by atoms with Crippen molar-refractivity contribution in [2.24, 2.45) is 5.73 Å². The van der Waals surface area contributed by atoms with Crippen LogP contribution in [0.15, 0.2) is 48.8 Å². The molecule has 0 saturated heterocycles. The van der Waals surface area contributed by atoms with E-state index in [1.807, 2.05) is 43.3 Å². The average Bonchev–Trinajstić information content (AvgIpc) is 2.40. The number of pyridine rings is 1. The largest absolute Gasteiger partial charge is 0.494 e. The standard InChI is InChI=1S/C15H18N2O/c1-2-18-14-5-3-4-13(11-14)15(16)10-12-6-8-17-9-7-12/h3-9,11,15H,2,10,16H2,1H3/t15-/m0/s1. The first-order valence-electron chi connectivity index (χ1n) is 6.17. The van der Waals surface area contributed by atoms with Crippen LogP contribution < -0.4 is 10.5 Å². The van der Waals surface area contributed by atoms with Crippen molar-refractivity contribution < 1.29 is 4.74 Å². The van der Waals surface area contributed by atoms with Crippen LogP contribution in [0.3, 0.4) is 0 Å². The minimum Gasteiger partial charge on any atom is -0.494 e. The van der Waals surface area contributed by atoms with Gasteiger partial charge in [-0.3, -0.25) is 4.98 Å². The van der Waals surface area contributed by atoms with Crippen molar-refractivity contribution >= 4 is 0 Å². The summed E-state index contributed by atoms with van der Waals surface area (Å²) in [5.74, 6) is 0.875. The van der Waals surface area contributed by atoms with E-state index in [0.717, 1.165) is 17.7 Å². The van der Waals surface area contributed by atoms with Crippen LogP contribution in [0.25, 0.3) is 0 Å². The lowest BCUT2D eigenvalue weighted by molar-refractivity contribution is 0.339. The third-order valence-electron chi connectivity index (χ3n) is 2.80. The maximum atomic E-state index is 6.22. The molecule has 1 aromatic heterocycles. The molecule has 0 fully saturated rings. The van der Waals surface area contributed by atoms with Crippen LogP contribution in [0.4, 0.5) is 0 Å². The number of hydrogen-bond acceptors (Lipinski definition) is 3. The molecular formula is C15H18N2O. The first-order chi connectivity index (χ1) is 8.79. The molecule has 2 rings (SSSR count). The van der Waals surface area contributed by atoms with Crippen molar-refractivity contribution in [1.82, 2.24) is 4.98 Å². The summed E-state index contributed by atoms with van der Waals surface area (Å²) in [7, 11) is 0. The van der Waals surface area contributed by atoms with E-state index < -0.39 is 0 Å². The van der Waals surface area contributed by atoms with Gasteiger partial charge in [0.15, 0.2) is 0 Å². The molecule has 0 bridgehead atoms. The highest BCUT2D eigenvalue weighted by molar-refractivity contribution is 5.31. The number of nitrogens with two attached hydrogens (primary N) is 1. The second kappa shape index (κ2) is 6.17. The molecule has 0 unspecified atom stereocenters. The van der Waals surface area contributed by atoms with Crippen LogP contribution in [0.1, 0.15) is 24.1 Å². The van der Waals surface area contributed by atoms with E-state index in [0.29, 0.717) is 6.61 Å². The van der Waals surface area contributed by atoms with Gasteiger partial charge in [0.1, 0.15) is 5.75 Å². The molecule has 2 aromatic rings. The molecule has 1 atom stereocenters. The Hall–Kier alpha value is -1.87. The maximum Gasteiger partial charge on any atom is 0.119 e. The molecular weight excluding hydrogens is 224 g/mol. The molecule has 1 aromatic carbocycles. The van der Waals surface area contributed by atoms with E-state index in [4.69, 9.17) is 10.5 Å². The normalized spacial score (nSPS) is 12.1. The SMILES string of the molecule is CCOc1cccc([C@@H](N)Cc2ccncc2)c1. The molecule has 0 aliphatic heterocycles. The molecule has 0 aliphatic rings. The van der Waals surface area contributed by atoms with Crippen molar-refractivity contribution in [3.05, 3.63) is 59.9 Å². The van der Waals surface area contributed by atoms with Crippen molar-refractivity contribution in [3.63, 3.8) is 0 Å². The predicted octanol–water partition coefficient (Wildman–Crippen LogP) is 2.72. The van der Waals surface area contributed by atoms with E-state index in [1.165, 1.54) is 5.56 Å². The van der Waals surface area contributed by atoms with Crippen LogP contribution >= 0.6 is 0 Å². The van der Waals surface area contributed by atoms with E-state index >= 15 is 0 Å². The number of ether oxygens (including phenoxy) is 1. The topological polar surface area (TPSA) is 48.1 Å². The molecule has 3 nitrogen and oxygen atoms in total. The summed E-state index contributed by atoms with van der Waals surface area (Å²) in [6.45, 7) is 2.65.